The van der Waals surface area contributed by atoms with Gasteiger partial charge in [0, 0.05) is 70.6 Å². The van der Waals surface area contributed by atoms with Crippen LogP contribution in [0.25, 0.3) is 0 Å². The van der Waals surface area contributed by atoms with E-state index in [9.17, 15) is 9.90 Å². The number of aliphatic hydroxyl groups excluding tert-OH is 1. The first-order valence-corrected chi connectivity index (χ1v) is 13.5. The van der Waals surface area contributed by atoms with Crippen LogP contribution in [0.3, 0.4) is 0 Å². The predicted octanol–water partition coefficient (Wildman–Crippen LogP) is 1.47. The molecule has 10 heteroatoms. The second-order valence-corrected chi connectivity index (χ2v) is 9.81. The third-order valence-corrected chi connectivity index (χ3v) is 7.33. The summed E-state index contributed by atoms with van der Waals surface area (Å²) < 4.78 is 5.17. The number of rotatable bonds is 10. The van der Waals surface area contributed by atoms with E-state index in [1.54, 1.807) is 17.1 Å². The van der Waals surface area contributed by atoms with Gasteiger partial charge in [0.05, 0.1) is 5.56 Å². The molecule has 0 aromatic heterocycles. The highest BCUT2D eigenvalue weighted by atomic mass is 16.5. The maximum absolute atomic E-state index is 11.8. The van der Waals surface area contributed by atoms with Crippen LogP contribution in [-0.2, 0) is 17.8 Å². The van der Waals surface area contributed by atoms with Crippen LogP contribution in [-0.4, -0.2) is 96.2 Å². The summed E-state index contributed by atoms with van der Waals surface area (Å²) in [4.78, 5) is 20.9. The summed E-state index contributed by atoms with van der Waals surface area (Å²) in [6.07, 6.45) is 5.91. The molecule has 10 nitrogen and oxygen atoms in total. The van der Waals surface area contributed by atoms with Crippen LogP contribution in [0.15, 0.2) is 29.0 Å². The molecule has 0 radical (unpaired) electrons. The molecule has 1 fully saturated rings. The summed E-state index contributed by atoms with van der Waals surface area (Å²) >= 11 is 0. The number of ether oxygens (including phenoxy) is 1. The minimum Gasteiger partial charge on any atom is -0.457 e. The maximum Gasteiger partial charge on any atom is 0.338 e. The SMILES string of the molecule is CC.Cc1c(CCN2CCN(C(O)CC3C=NC(N(N)CCN(C)N)=CC3)CC2)ccc2c1COC2=O. The fourth-order valence-corrected chi connectivity index (χ4v) is 4.93. The van der Waals surface area contributed by atoms with E-state index in [2.05, 4.69) is 27.8 Å². The normalized spacial score (nSPS) is 20.7. The average Bonchev–Trinajstić information content (AvgIpc) is 3.30. The molecular formula is C27H45N7O3. The minimum absolute atomic E-state index is 0.205. The zero-order chi connectivity index (χ0) is 26.9. The number of hydrazine groups is 2. The number of aliphatic hydroxyl groups is 1. The molecule has 0 spiro atoms. The van der Waals surface area contributed by atoms with E-state index < -0.39 is 6.23 Å². The van der Waals surface area contributed by atoms with Gasteiger partial charge in [-0.1, -0.05) is 19.9 Å². The topological polar surface area (TPSA) is 124 Å². The van der Waals surface area contributed by atoms with Crippen molar-refractivity contribution in [2.75, 3.05) is 52.9 Å². The Bertz CT molecular complexity index is 958. The standard InChI is InChI=1S/C25H39N7O3.C2H6/c1-18-20(4-5-21-22(18)17-35-25(21)34)7-8-30-10-12-31(13-11-30)24(33)15-19-3-6-23(28-16-19)32(27)14-9-29(2)26;1-2/h4-6,16,19,24,33H,3,7-15,17,26-27H2,1-2H3;1-2H3. The molecule has 1 aromatic carbocycles. The summed E-state index contributed by atoms with van der Waals surface area (Å²) in [6, 6.07) is 3.96. The molecule has 37 heavy (non-hydrogen) atoms. The Balaban J connectivity index is 0.00000186. The summed E-state index contributed by atoms with van der Waals surface area (Å²) in [7, 11) is 1.80. The smallest absolute Gasteiger partial charge is 0.338 e. The number of piperazine rings is 1. The number of aliphatic imine (C=N–C) groups is 1. The van der Waals surface area contributed by atoms with Crippen molar-refractivity contribution in [3.8, 4) is 0 Å². The molecular weight excluding hydrogens is 470 g/mol. The number of nitrogens with zero attached hydrogens (tertiary/aromatic N) is 5. The number of fused-ring (bicyclic) bond motifs is 1. The summed E-state index contributed by atoms with van der Waals surface area (Å²) in [5.41, 5.74) is 4.21. The third kappa shape index (κ3) is 7.83. The number of allylic oxidation sites excluding steroid dienone is 1. The summed E-state index contributed by atoms with van der Waals surface area (Å²) in [6.45, 7) is 12.3. The van der Waals surface area contributed by atoms with Crippen molar-refractivity contribution in [2.45, 2.75) is 52.9 Å². The van der Waals surface area contributed by atoms with Gasteiger partial charge >= 0.3 is 5.97 Å². The van der Waals surface area contributed by atoms with Crippen molar-refractivity contribution in [1.82, 2.24) is 19.8 Å². The molecule has 3 aliphatic rings. The Kier molecular flexibility index (Phi) is 11.0. The van der Waals surface area contributed by atoms with E-state index in [1.807, 2.05) is 32.2 Å². The largest absolute Gasteiger partial charge is 0.457 e. The van der Waals surface area contributed by atoms with Crippen molar-refractivity contribution >= 4 is 12.2 Å². The molecule has 0 saturated carbocycles. The van der Waals surface area contributed by atoms with Crippen LogP contribution in [0.5, 0.6) is 0 Å². The monoisotopic (exact) mass is 515 g/mol. The lowest BCUT2D eigenvalue weighted by Gasteiger charge is -2.38. The number of nitrogens with two attached hydrogens (primary N) is 2. The highest BCUT2D eigenvalue weighted by Crippen LogP contribution is 2.26. The Morgan fingerprint density at radius 3 is 2.57 bits per heavy atom. The molecule has 3 aliphatic heterocycles. The number of esters is 1. The van der Waals surface area contributed by atoms with Gasteiger partial charge < -0.3 is 14.7 Å². The molecule has 3 heterocycles. The van der Waals surface area contributed by atoms with Gasteiger partial charge in [-0.2, -0.15) is 0 Å². The van der Waals surface area contributed by atoms with Gasteiger partial charge in [0.1, 0.15) is 18.7 Å². The molecule has 1 aromatic rings. The first-order valence-electron chi connectivity index (χ1n) is 13.5. The fourth-order valence-electron chi connectivity index (χ4n) is 4.93. The number of carbonyl (C=O) groups excluding carboxylic acids is 1. The van der Waals surface area contributed by atoms with Crippen LogP contribution in [0.4, 0.5) is 0 Å². The Hall–Kier alpha value is -2.34. The highest BCUT2D eigenvalue weighted by Gasteiger charge is 2.26. The minimum atomic E-state index is -0.472. The lowest BCUT2D eigenvalue weighted by Crippen LogP contribution is -2.51. The van der Waals surface area contributed by atoms with Crippen LogP contribution in [0.1, 0.15) is 53.7 Å². The molecule has 0 aliphatic carbocycles. The lowest BCUT2D eigenvalue weighted by molar-refractivity contribution is -0.0339. The van der Waals surface area contributed by atoms with Gasteiger partial charge in [-0.05, 0) is 49.5 Å². The van der Waals surface area contributed by atoms with Crippen LogP contribution >= 0.6 is 0 Å². The van der Waals surface area contributed by atoms with Crippen LogP contribution < -0.4 is 11.7 Å². The van der Waals surface area contributed by atoms with Crippen molar-refractivity contribution in [2.24, 2.45) is 22.6 Å². The average molecular weight is 516 g/mol. The van der Waals surface area contributed by atoms with Crippen LogP contribution in [0.2, 0.25) is 0 Å². The summed E-state index contributed by atoms with van der Waals surface area (Å²) in [5.74, 6) is 12.4. The van der Waals surface area contributed by atoms with Crippen molar-refractivity contribution < 1.29 is 14.6 Å². The number of hydrogen-bond donors (Lipinski definition) is 3. The molecule has 2 atom stereocenters. The number of benzene rings is 1. The lowest BCUT2D eigenvalue weighted by atomic mass is 9.96. The van der Waals surface area contributed by atoms with Gasteiger partial charge in [0.25, 0.3) is 0 Å². The second kappa shape index (κ2) is 14.0. The van der Waals surface area contributed by atoms with Gasteiger partial charge in [-0.3, -0.25) is 15.8 Å². The Morgan fingerprint density at radius 2 is 1.92 bits per heavy atom. The molecule has 206 valence electrons. The second-order valence-electron chi connectivity index (χ2n) is 9.81. The quantitative estimate of drug-likeness (QED) is 0.241. The van der Waals surface area contributed by atoms with E-state index >= 15 is 0 Å². The van der Waals surface area contributed by atoms with Crippen molar-refractivity contribution in [1.29, 1.82) is 0 Å². The molecule has 2 unspecified atom stereocenters. The Morgan fingerprint density at radius 1 is 1.19 bits per heavy atom. The van der Waals surface area contributed by atoms with Crippen LogP contribution in [0, 0.1) is 12.8 Å². The first kappa shape index (κ1) is 29.2. The van der Waals surface area contributed by atoms with E-state index in [4.69, 9.17) is 16.4 Å². The Labute approximate surface area is 221 Å². The maximum atomic E-state index is 11.8. The van der Waals surface area contributed by atoms with Crippen molar-refractivity contribution in [3.05, 3.63) is 46.3 Å². The molecule has 0 amide bonds. The van der Waals surface area contributed by atoms with Crippen molar-refractivity contribution in [3.63, 3.8) is 0 Å². The first-order chi connectivity index (χ1) is 17.8. The number of cyclic esters (lactones) is 1. The van der Waals surface area contributed by atoms with Gasteiger partial charge in [-0.15, -0.1) is 0 Å². The molecule has 0 bridgehead atoms. The van der Waals surface area contributed by atoms with E-state index in [0.717, 1.165) is 56.9 Å². The van der Waals surface area contributed by atoms with E-state index in [1.165, 1.54) is 11.1 Å². The predicted molar refractivity (Wildman–Crippen MR) is 146 cm³/mol. The fraction of sp³-hybridized carbons (Fsp3) is 0.630. The highest BCUT2D eigenvalue weighted by molar-refractivity contribution is 5.93. The molecule has 1 saturated heterocycles. The zero-order valence-electron chi connectivity index (χ0n) is 22.9. The number of hydrogen-bond acceptors (Lipinski definition) is 10. The van der Waals surface area contributed by atoms with Gasteiger partial charge in [0.15, 0.2) is 0 Å². The van der Waals surface area contributed by atoms with E-state index in [-0.39, 0.29) is 11.9 Å². The van der Waals surface area contributed by atoms with Gasteiger partial charge in [0.2, 0.25) is 0 Å². The molecule has 5 N–H and O–H groups in total. The number of likely N-dealkylation sites (N-methyl/N-ethyl adjacent to an activating group) is 1. The number of carbonyl (C=O) groups is 1. The third-order valence-electron chi connectivity index (χ3n) is 7.33. The van der Waals surface area contributed by atoms with Gasteiger partial charge in [-0.25, -0.2) is 20.6 Å². The van der Waals surface area contributed by atoms with E-state index in [0.29, 0.717) is 31.7 Å². The summed E-state index contributed by atoms with van der Waals surface area (Å²) in [5, 5.41) is 14.0. The zero-order valence-corrected chi connectivity index (χ0v) is 22.9. The molecule has 4 rings (SSSR count).